The molecule has 0 radical (unpaired) electrons. The van der Waals surface area contributed by atoms with E-state index < -0.39 is 0 Å². The van der Waals surface area contributed by atoms with Gasteiger partial charge in [0.2, 0.25) is 11.8 Å². The minimum Gasteiger partial charge on any atom is -0.356 e. The average molecular weight is 334 g/mol. The van der Waals surface area contributed by atoms with Crippen LogP contribution in [0, 0.1) is 11.8 Å². The van der Waals surface area contributed by atoms with E-state index in [0.717, 1.165) is 18.5 Å². The summed E-state index contributed by atoms with van der Waals surface area (Å²) in [5, 5.41) is 2.91. The Kier molecular flexibility index (Phi) is 6.40. The van der Waals surface area contributed by atoms with Crippen molar-refractivity contribution in [3.05, 3.63) is 18.2 Å². The Bertz CT molecular complexity index is 567. The number of rotatable bonds is 7. The molecule has 134 valence electrons. The fourth-order valence-electron chi connectivity index (χ4n) is 3.44. The van der Waals surface area contributed by atoms with Crippen molar-refractivity contribution >= 4 is 11.8 Å². The number of carbonyl (C=O) groups excluding carboxylic acids is 2. The van der Waals surface area contributed by atoms with E-state index in [0.29, 0.717) is 32.0 Å². The highest BCUT2D eigenvalue weighted by Gasteiger charge is 2.37. The smallest absolute Gasteiger partial charge is 0.222 e. The molecule has 0 bridgehead atoms. The third-order valence-corrected chi connectivity index (χ3v) is 4.81. The van der Waals surface area contributed by atoms with Crippen molar-refractivity contribution in [2.75, 3.05) is 19.6 Å². The quantitative estimate of drug-likeness (QED) is 0.828. The SMILES string of the molecule is CC(=O)NC[C@@H]1CN(C(=O)CCCC(C)C)C[C@H]1c1cncn1C. The van der Waals surface area contributed by atoms with E-state index in [9.17, 15) is 9.59 Å². The van der Waals surface area contributed by atoms with Gasteiger partial charge in [-0.3, -0.25) is 9.59 Å². The Balaban J connectivity index is 2.01. The third-order valence-electron chi connectivity index (χ3n) is 4.81. The third kappa shape index (κ3) is 4.82. The maximum absolute atomic E-state index is 12.5. The monoisotopic (exact) mass is 334 g/mol. The molecule has 6 nitrogen and oxygen atoms in total. The second-order valence-corrected chi connectivity index (χ2v) is 7.32. The maximum Gasteiger partial charge on any atom is 0.222 e. The van der Waals surface area contributed by atoms with Gasteiger partial charge in [0.05, 0.1) is 6.33 Å². The van der Waals surface area contributed by atoms with Gasteiger partial charge in [0.1, 0.15) is 0 Å². The van der Waals surface area contributed by atoms with Crippen LogP contribution in [0.15, 0.2) is 12.5 Å². The highest BCUT2D eigenvalue weighted by molar-refractivity contribution is 5.76. The van der Waals surface area contributed by atoms with Gasteiger partial charge in [0.15, 0.2) is 0 Å². The molecule has 2 rings (SSSR count). The van der Waals surface area contributed by atoms with Crippen LogP contribution in [0.5, 0.6) is 0 Å². The summed E-state index contributed by atoms with van der Waals surface area (Å²) in [6, 6.07) is 0. The van der Waals surface area contributed by atoms with E-state index in [2.05, 4.69) is 24.1 Å². The van der Waals surface area contributed by atoms with Crippen LogP contribution in [0.1, 0.15) is 51.6 Å². The summed E-state index contributed by atoms with van der Waals surface area (Å²) in [6.07, 6.45) is 6.30. The summed E-state index contributed by atoms with van der Waals surface area (Å²) in [4.78, 5) is 30.0. The minimum absolute atomic E-state index is 0.0273. The molecule has 1 aromatic rings. The Morgan fingerprint density at radius 2 is 2.12 bits per heavy atom. The summed E-state index contributed by atoms with van der Waals surface area (Å²) in [5.41, 5.74) is 1.13. The molecule has 0 aromatic carbocycles. The van der Waals surface area contributed by atoms with Gasteiger partial charge in [-0.2, -0.15) is 0 Å². The number of aryl methyl sites for hydroxylation is 1. The first kappa shape index (κ1) is 18.5. The van der Waals surface area contributed by atoms with Gasteiger partial charge in [-0.05, 0) is 12.3 Å². The number of nitrogens with one attached hydrogen (secondary N) is 1. The van der Waals surface area contributed by atoms with Crippen molar-refractivity contribution in [1.82, 2.24) is 19.8 Å². The number of hydrogen-bond acceptors (Lipinski definition) is 3. The van der Waals surface area contributed by atoms with Gasteiger partial charge < -0.3 is 14.8 Å². The van der Waals surface area contributed by atoms with Crippen LogP contribution in [0.4, 0.5) is 0 Å². The molecule has 0 aliphatic carbocycles. The van der Waals surface area contributed by atoms with E-state index in [-0.39, 0.29) is 23.7 Å². The molecule has 2 amide bonds. The standard InChI is InChI=1S/C18H30N4O2/c1-13(2)6-5-7-18(24)22-10-15(8-20-14(3)23)16(11-22)17-9-19-12-21(17)4/h9,12-13,15-16H,5-8,10-11H2,1-4H3,(H,20,23)/t15-,16-/m1/s1. The Labute approximate surface area is 144 Å². The number of nitrogens with zero attached hydrogens (tertiary/aromatic N) is 3. The highest BCUT2D eigenvalue weighted by atomic mass is 16.2. The van der Waals surface area contributed by atoms with Gasteiger partial charge in [-0.15, -0.1) is 0 Å². The highest BCUT2D eigenvalue weighted by Crippen LogP contribution is 2.32. The predicted octanol–water partition coefficient (Wildman–Crippen LogP) is 1.92. The summed E-state index contributed by atoms with van der Waals surface area (Å²) >= 11 is 0. The van der Waals surface area contributed by atoms with Crippen LogP contribution < -0.4 is 5.32 Å². The fraction of sp³-hybridized carbons (Fsp3) is 0.722. The number of imidazole rings is 1. The number of carbonyl (C=O) groups is 2. The first-order chi connectivity index (χ1) is 11.4. The molecule has 1 aliphatic heterocycles. The first-order valence-electron chi connectivity index (χ1n) is 8.87. The molecule has 6 heteroatoms. The molecule has 1 saturated heterocycles. The van der Waals surface area contributed by atoms with E-state index in [4.69, 9.17) is 0 Å². The molecular weight excluding hydrogens is 304 g/mol. The molecule has 24 heavy (non-hydrogen) atoms. The summed E-state index contributed by atoms with van der Waals surface area (Å²) in [5.74, 6) is 1.29. The topological polar surface area (TPSA) is 67.2 Å². The van der Waals surface area contributed by atoms with Crippen molar-refractivity contribution in [2.24, 2.45) is 18.9 Å². The number of likely N-dealkylation sites (tertiary alicyclic amines) is 1. The number of amides is 2. The van der Waals surface area contributed by atoms with Gasteiger partial charge in [-0.1, -0.05) is 20.3 Å². The minimum atomic E-state index is -0.0273. The summed E-state index contributed by atoms with van der Waals surface area (Å²) in [7, 11) is 1.98. The van der Waals surface area contributed by atoms with Crippen molar-refractivity contribution in [2.45, 2.75) is 46.0 Å². The van der Waals surface area contributed by atoms with Crippen molar-refractivity contribution < 1.29 is 9.59 Å². The molecule has 1 aromatic heterocycles. The Hall–Kier alpha value is -1.85. The zero-order chi connectivity index (χ0) is 17.7. The van der Waals surface area contributed by atoms with E-state index in [1.54, 1.807) is 6.33 Å². The average Bonchev–Trinajstić information content (AvgIpc) is 3.10. The number of hydrogen-bond donors (Lipinski definition) is 1. The Morgan fingerprint density at radius 1 is 1.38 bits per heavy atom. The lowest BCUT2D eigenvalue weighted by Gasteiger charge is -2.18. The van der Waals surface area contributed by atoms with E-state index in [1.165, 1.54) is 6.92 Å². The maximum atomic E-state index is 12.5. The number of aromatic nitrogens is 2. The lowest BCUT2D eigenvalue weighted by atomic mass is 9.93. The molecule has 1 N–H and O–H groups in total. The van der Waals surface area contributed by atoms with Crippen LogP contribution in [0.2, 0.25) is 0 Å². The van der Waals surface area contributed by atoms with Crippen LogP contribution in [-0.4, -0.2) is 45.9 Å². The lowest BCUT2D eigenvalue weighted by molar-refractivity contribution is -0.130. The van der Waals surface area contributed by atoms with Crippen LogP contribution in [-0.2, 0) is 16.6 Å². The lowest BCUT2D eigenvalue weighted by Crippen LogP contribution is -2.32. The van der Waals surface area contributed by atoms with Gasteiger partial charge in [-0.25, -0.2) is 4.98 Å². The fourth-order valence-corrected chi connectivity index (χ4v) is 3.44. The summed E-state index contributed by atoms with van der Waals surface area (Å²) < 4.78 is 2.01. The van der Waals surface area contributed by atoms with Crippen molar-refractivity contribution in [3.63, 3.8) is 0 Å². The van der Waals surface area contributed by atoms with Crippen molar-refractivity contribution in [1.29, 1.82) is 0 Å². The van der Waals surface area contributed by atoms with E-state index in [1.807, 2.05) is 22.7 Å². The van der Waals surface area contributed by atoms with Gasteiger partial charge in [0, 0.05) is 63.8 Å². The predicted molar refractivity (Wildman–Crippen MR) is 93.4 cm³/mol. The van der Waals surface area contributed by atoms with Crippen molar-refractivity contribution in [3.8, 4) is 0 Å². The van der Waals surface area contributed by atoms with Gasteiger partial charge in [0.25, 0.3) is 0 Å². The zero-order valence-electron chi connectivity index (χ0n) is 15.3. The zero-order valence-corrected chi connectivity index (χ0v) is 15.3. The second kappa shape index (κ2) is 8.31. The van der Waals surface area contributed by atoms with Crippen LogP contribution >= 0.6 is 0 Å². The summed E-state index contributed by atoms with van der Waals surface area (Å²) in [6.45, 7) is 7.91. The first-order valence-corrected chi connectivity index (χ1v) is 8.87. The normalized spacial score (nSPS) is 20.6. The Morgan fingerprint density at radius 3 is 2.71 bits per heavy atom. The van der Waals surface area contributed by atoms with Crippen LogP contribution in [0.25, 0.3) is 0 Å². The molecular formula is C18H30N4O2. The molecule has 2 atom stereocenters. The van der Waals surface area contributed by atoms with E-state index >= 15 is 0 Å². The largest absolute Gasteiger partial charge is 0.356 e. The molecule has 1 fully saturated rings. The second-order valence-electron chi connectivity index (χ2n) is 7.32. The van der Waals surface area contributed by atoms with Crippen LogP contribution in [0.3, 0.4) is 0 Å². The molecule has 2 heterocycles. The molecule has 0 spiro atoms. The molecule has 0 saturated carbocycles. The molecule has 1 aliphatic rings. The molecule has 0 unspecified atom stereocenters. The van der Waals surface area contributed by atoms with Gasteiger partial charge >= 0.3 is 0 Å².